The van der Waals surface area contributed by atoms with E-state index in [0.29, 0.717) is 18.1 Å². The van der Waals surface area contributed by atoms with Crippen LogP contribution < -0.4 is 24.3 Å². The van der Waals surface area contributed by atoms with Gasteiger partial charge in [0, 0.05) is 17.9 Å². The highest BCUT2D eigenvalue weighted by Gasteiger charge is 2.52. The summed E-state index contributed by atoms with van der Waals surface area (Å²) in [6.45, 7) is 3.46. The fourth-order valence-electron chi connectivity index (χ4n) is 5.22. The van der Waals surface area contributed by atoms with Crippen molar-refractivity contribution in [2.75, 3.05) is 34.2 Å². The van der Waals surface area contributed by atoms with Gasteiger partial charge in [-0.2, -0.15) is 0 Å². The lowest BCUT2D eigenvalue weighted by Gasteiger charge is -2.39. The molecule has 0 radical (unpaired) electrons. The number of carbonyl (C=O) groups excluding carboxylic acids is 1. The lowest BCUT2D eigenvalue weighted by Crippen LogP contribution is -2.41. The first-order valence-electron chi connectivity index (χ1n) is 10.9. The third-order valence-corrected chi connectivity index (χ3v) is 6.66. The van der Waals surface area contributed by atoms with E-state index in [-0.39, 0.29) is 47.9 Å². The van der Waals surface area contributed by atoms with E-state index in [1.807, 2.05) is 12.1 Å². The number of aromatic hydroxyl groups is 1. The van der Waals surface area contributed by atoms with E-state index >= 15 is 0 Å². The largest absolute Gasteiger partial charge is 0.502 e. The second-order valence-electron chi connectivity index (χ2n) is 8.34. The van der Waals surface area contributed by atoms with E-state index in [1.54, 1.807) is 12.1 Å². The Morgan fingerprint density at radius 2 is 1.69 bits per heavy atom. The van der Waals surface area contributed by atoms with E-state index < -0.39 is 5.92 Å². The molecule has 1 fully saturated rings. The van der Waals surface area contributed by atoms with Crippen molar-refractivity contribution in [2.45, 2.75) is 25.3 Å². The van der Waals surface area contributed by atoms with E-state index in [2.05, 4.69) is 12.2 Å². The summed E-state index contributed by atoms with van der Waals surface area (Å²) in [4.78, 5) is 13.0. The Morgan fingerprint density at radius 1 is 1.03 bits per heavy atom. The lowest BCUT2D eigenvalue weighted by atomic mass is 9.65. The van der Waals surface area contributed by atoms with Crippen LogP contribution in [0.4, 0.5) is 0 Å². The predicted octanol–water partition coefficient (Wildman–Crippen LogP) is 3.11. The number of methoxy groups -OCH3 is 2. The minimum absolute atomic E-state index is 0.0438. The predicted molar refractivity (Wildman–Crippen MR) is 115 cm³/mol. The minimum Gasteiger partial charge on any atom is -0.502 e. The van der Waals surface area contributed by atoms with Gasteiger partial charge in [-0.1, -0.05) is 6.92 Å². The molecule has 0 saturated carbocycles. The second kappa shape index (κ2) is 8.09. The summed E-state index contributed by atoms with van der Waals surface area (Å²) in [7, 11) is 2.98. The topological polar surface area (TPSA) is 95.5 Å². The van der Waals surface area contributed by atoms with Crippen molar-refractivity contribution in [2.24, 2.45) is 11.8 Å². The number of fused-ring (bicyclic) bond motifs is 3. The molecular weight excluding hydrogens is 414 g/mol. The molecule has 2 N–H and O–H groups in total. The molecule has 4 atom stereocenters. The van der Waals surface area contributed by atoms with Crippen LogP contribution in [-0.4, -0.2) is 45.2 Å². The van der Waals surface area contributed by atoms with Gasteiger partial charge in [-0.05, 0) is 53.9 Å². The number of cyclic esters (lactones) is 1. The molecule has 0 unspecified atom stereocenters. The molecule has 0 amide bonds. The van der Waals surface area contributed by atoms with Gasteiger partial charge in [0.15, 0.2) is 23.0 Å². The Labute approximate surface area is 186 Å². The third kappa shape index (κ3) is 3.12. The number of phenolic OH excluding ortho intramolecular Hbond substituents is 1. The first-order chi connectivity index (χ1) is 15.6. The molecule has 8 heteroatoms. The molecule has 2 aliphatic heterocycles. The number of esters is 1. The van der Waals surface area contributed by atoms with Gasteiger partial charge in [-0.15, -0.1) is 0 Å². The summed E-state index contributed by atoms with van der Waals surface area (Å²) < 4.78 is 27.7. The number of hydrogen-bond donors (Lipinski definition) is 2. The van der Waals surface area contributed by atoms with Crippen LogP contribution in [0.2, 0.25) is 0 Å². The zero-order valence-corrected chi connectivity index (χ0v) is 18.3. The number of nitrogens with one attached hydrogen (secondary N) is 1. The molecule has 1 aliphatic carbocycles. The number of hydrogen-bond acceptors (Lipinski definition) is 8. The van der Waals surface area contributed by atoms with Crippen molar-refractivity contribution in [1.29, 1.82) is 0 Å². The van der Waals surface area contributed by atoms with Crippen molar-refractivity contribution < 1.29 is 33.6 Å². The monoisotopic (exact) mass is 441 g/mol. The zero-order chi connectivity index (χ0) is 22.4. The van der Waals surface area contributed by atoms with Gasteiger partial charge in [-0.3, -0.25) is 4.79 Å². The van der Waals surface area contributed by atoms with Gasteiger partial charge in [0.2, 0.25) is 12.5 Å². The normalized spacial score (nSPS) is 25.2. The highest BCUT2D eigenvalue weighted by molar-refractivity contribution is 5.79. The highest BCUT2D eigenvalue weighted by Crippen LogP contribution is 2.55. The van der Waals surface area contributed by atoms with Crippen LogP contribution in [0.5, 0.6) is 28.7 Å². The quantitative estimate of drug-likeness (QED) is 0.661. The summed E-state index contributed by atoms with van der Waals surface area (Å²) in [5.74, 6) is 0.884. The number of ether oxygens (including phenoxy) is 5. The van der Waals surface area contributed by atoms with E-state index in [9.17, 15) is 9.90 Å². The molecule has 8 nitrogen and oxygen atoms in total. The summed E-state index contributed by atoms with van der Waals surface area (Å²) in [5.41, 5.74) is 2.84. The molecular formula is C24H27NO7. The number of benzene rings is 2. The van der Waals surface area contributed by atoms with Crippen molar-refractivity contribution in [3.63, 3.8) is 0 Å². The molecule has 1 saturated heterocycles. The van der Waals surface area contributed by atoms with Crippen molar-refractivity contribution >= 4 is 5.97 Å². The number of carbonyl (C=O) groups is 1. The first kappa shape index (κ1) is 20.8. The number of phenols is 1. The van der Waals surface area contributed by atoms with Crippen LogP contribution >= 0.6 is 0 Å². The molecule has 32 heavy (non-hydrogen) atoms. The summed E-state index contributed by atoms with van der Waals surface area (Å²) >= 11 is 0. The summed E-state index contributed by atoms with van der Waals surface area (Å²) in [6.07, 6.45) is 0.971. The minimum atomic E-state index is -0.392. The third-order valence-electron chi connectivity index (χ3n) is 6.66. The summed E-state index contributed by atoms with van der Waals surface area (Å²) in [5, 5.41) is 14.0. The van der Waals surface area contributed by atoms with Crippen LogP contribution in [0.1, 0.15) is 42.0 Å². The second-order valence-corrected chi connectivity index (χ2v) is 8.34. The van der Waals surface area contributed by atoms with Gasteiger partial charge >= 0.3 is 5.97 Å². The standard InChI is InChI=1S/C24H27NO7/c1-4-5-25-22-14-9-17-16(31-11-32-17)8-13(14)20(21-15(22)10-30-24(21)27)12-6-18(28-2)23(26)19(7-12)29-3/h6-9,15,20-22,25-26H,4-5,10-11H2,1-3H3/t15-,20+,21-,22+/m0/s1. The van der Waals surface area contributed by atoms with Crippen LogP contribution in [0.15, 0.2) is 24.3 Å². The molecule has 0 bridgehead atoms. The maximum atomic E-state index is 13.0. The Morgan fingerprint density at radius 3 is 2.31 bits per heavy atom. The van der Waals surface area contributed by atoms with Crippen molar-refractivity contribution in [3.8, 4) is 28.7 Å². The average Bonchev–Trinajstić information content (AvgIpc) is 3.42. The smallest absolute Gasteiger partial charge is 0.310 e. The Kier molecular flexibility index (Phi) is 5.25. The van der Waals surface area contributed by atoms with Crippen LogP contribution in [-0.2, 0) is 9.53 Å². The molecule has 5 rings (SSSR count). The van der Waals surface area contributed by atoms with Gasteiger partial charge in [0.25, 0.3) is 0 Å². The van der Waals surface area contributed by atoms with Crippen LogP contribution in [0, 0.1) is 11.8 Å². The van der Waals surface area contributed by atoms with Gasteiger partial charge < -0.3 is 34.1 Å². The van der Waals surface area contributed by atoms with E-state index in [4.69, 9.17) is 23.7 Å². The Bertz CT molecular complexity index is 1030. The maximum absolute atomic E-state index is 13.0. The van der Waals surface area contributed by atoms with Crippen LogP contribution in [0.25, 0.3) is 0 Å². The molecule has 2 aromatic rings. The highest BCUT2D eigenvalue weighted by atomic mass is 16.7. The average molecular weight is 441 g/mol. The fourth-order valence-corrected chi connectivity index (χ4v) is 5.22. The Hall–Kier alpha value is -3.13. The molecule has 2 heterocycles. The summed E-state index contributed by atoms with van der Waals surface area (Å²) in [6, 6.07) is 7.47. The first-order valence-corrected chi connectivity index (χ1v) is 10.9. The maximum Gasteiger partial charge on any atom is 0.310 e. The molecule has 170 valence electrons. The zero-order valence-electron chi connectivity index (χ0n) is 18.3. The Balaban J connectivity index is 1.72. The number of rotatable bonds is 6. The van der Waals surface area contributed by atoms with Gasteiger partial charge in [-0.25, -0.2) is 0 Å². The van der Waals surface area contributed by atoms with Gasteiger partial charge in [0.05, 0.1) is 26.7 Å². The SMILES string of the molecule is CCCN[C@@H]1c2cc3c(cc2[C@@H](c2cc(OC)c(O)c(OC)c2)[C@H]2C(=O)OC[C@@H]21)OCO3. The fraction of sp³-hybridized carbons (Fsp3) is 0.458. The van der Waals surface area contributed by atoms with Crippen molar-refractivity contribution in [3.05, 3.63) is 41.0 Å². The lowest BCUT2D eigenvalue weighted by molar-refractivity contribution is -0.141. The van der Waals surface area contributed by atoms with Crippen molar-refractivity contribution in [1.82, 2.24) is 5.32 Å². The van der Waals surface area contributed by atoms with E-state index in [0.717, 1.165) is 29.7 Å². The van der Waals surface area contributed by atoms with Crippen LogP contribution in [0.3, 0.4) is 0 Å². The molecule has 3 aliphatic rings. The molecule has 0 aromatic heterocycles. The molecule has 0 spiro atoms. The van der Waals surface area contributed by atoms with Gasteiger partial charge in [0.1, 0.15) is 0 Å². The van der Waals surface area contributed by atoms with E-state index in [1.165, 1.54) is 14.2 Å². The molecule has 2 aromatic carbocycles.